The first-order valence-corrected chi connectivity index (χ1v) is 5.37. The second-order valence-electron chi connectivity index (χ2n) is 3.66. The monoisotopic (exact) mass is 245 g/mol. The molecule has 0 fully saturated rings. The first-order chi connectivity index (χ1) is 8.83. The summed E-state index contributed by atoms with van der Waals surface area (Å²) < 4.78 is 1.73. The Balaban J connectivity index is 1.75. The molecule has 3 aromatic heterocycles. The Bertz CT molecular complexity index is 641. The standard InChI is InChI=1S/C9H11N9/c10-9-14-7(6-5-13-16-8(6)15-9)11-1-3-18-4-2-12-17-18/h2,4-5H,1,3H2,(H4,10,11,13,14,15,16). The van der Waals surface area contributed by atoms with Crippen LogP contribution >= 0.6 is 0 Å². The molecular formula is C9H11N9. The van der Waals surface area contributed by atoms with Crippen LogP contribution in [0.5, 0.6) is 0 Å². The average Bonchev–Trinajstić information content (AvgIpc) is 2.98. The summed E-state index contributed by atoms with van der Waals surface area (Å²) in [6.07, 6.45) is 5.09. The van der Waals surface area contributed by atoms with E-state index in [1.165, 1.54) is 0 Å². The topological polar surface area (TPSA) is 123 Å². The van der Waals surface area contributed by atoms with E-state index in [0.29, 0.717) is 24.6 Å². The summed E-state index contributed by atoms with van der Waals surface area (Å²) in [5.41, 5.74) is 6.23. The SMILES string of the molecule is Nc1nc(NCCn2ccnn2)c2cn[nH]c2n1. The van der Waals surface area contributed by atoms with Gasteiger partial charge in [0.25, 0.3) is 0 Å². The molecule has 18 heavy (non-hydrogen) atoms. The Labute approximate surface area is 101 Å². The van der Waals surface area contributed by atoms with Gasteiger partial charge in [-0.15, -0.1) is 5.10 Å². The number of nitrogen functional groups attached to an aromatic ring is 1. The molecule has 9 heteroatoms. The highest BCUT2D eigenvalue weighted by molar-refractivity contribution is 5.86. The van der Waals surface area contributed by atoms with Crippen molar-refractivity contribution in [3.05, 3.63) is 18.6 Å². The molecule has 4 N–H and O–H groups in total. The third-order valence-corrected chi connectivity index (χ3v) is 2.43. The lowest BCUT2D eigenvalue weighted by molar-refractivity contribution is 0.608. The van der Waals surface area contributed by atoms with Crippen molar-refractivity contribution in [2.45, 2.75) is 6.54 Å². The van der Waals surface area contributed by atoms with E-state index in [1.807, 2.05) is 0 Å². The number of nitrogens with zero attached hydrogens (tertiary/aromatic N) is 6. The molecule has 0 aromatic carbocycles. The molecule has 0 radical (unpaired) electrons. The molecule has 0 aliphatic heterocycles. The molecule has 0 bridgehead atoms. The fraction of sp³-hybridized carbons (Fsp3) is 0.222. The van der Waals surface area contributed by atoms with Gasteiger partial charge in [-0.25, -0.2) is 0 Å². The highest BCUT2D eigenvalue weighted by Crippen LogP contribution is 2.18. The van der Waals surface area contributed by atoms with Gasteiger partial charge in [-0.05, 0) is 0 Å². The second-order valence-corrected chi connectivity index (χ2v) is 3.66. The van der Waals surface area contributed by atoms with Gasteiger partial charge in [0.05, 0.1) is 24.3 Å². The van der Waals surface area contributed by atoms with E-state index in [1.54, 1.807) is 23.3 Å². The normalized spacial score (nSPS) is 10.9. The maximum absolute atomic E-state index is 5.61. The Morgan fingerprint density at radius 1 is 1.39 bits per heavy atom. The van der Waals surface area contributed by atoms with Crippen LogP contribution in [0.4, 0.5) is 11.8 Å². The van der Waals surface area contributed by atoms with Crippen LogP contribution in [0, 0.1) is 0 Å². The van der Waals surface area contributed by atoms with E-state index in [2.05, 4.69) is 35.8 Å². The minimum Gasteiger partial charge on any atom is -0.368 e. The third kappa shape index (κ3) is 1.93. The van der Waals surface area contributed by atoms with E-state index < -0.39 is 0 Å². The van der Waals surface area contributed by atoms with Crippen molar-refractivity contribution in [1.29, 1.82) is 0 Å². The molecule has 92 valence electrons. The smallest absolute Gasteiger partial charge is 0.224 e. The number of anilines is 2. The fourth-order valence-electron chi connectivity index (χ4n) is 1.63. The molecule has 0 unspecified atom stereocenters. The van der Waals surface area contributed by atoms with Crippen molar-refractivity contribution in [1.82, 2.24) is 35.2 Å². The van der Waals surface area contributed by atoms with E-state index in [0.717, 1.165) is 5.39 Å². The highest BCUT2D eigenvalue weighted by Gasteiger charge is 2.07. The van der Waals surface area contributed by atoms with E-state index in [9.17, 15) is 0 Å². The molecule has 0 atom stereocenters. The van der Waals surface area contributed by atoms with Crippen molar-refractivity contribution in [3.63, 3.8) is 0 Å². The van der Waals surface area contributed by atoms with Crippen molar-refractivity contribution in [3.8, 4) is 0 Å². The van der Waals surface area contributed by atoms with Gasteiger partial charge in [0.2, 0.25) is 5.95 Å². The van der Waals surface area contributed by atoms with Crippen LogP contribution in [0.15, 0.2) is 18.6 Å². The van der Waals surface area contributed by atoms with E-state index in [-0.39, 0.29) is 5.95 Å². The largest absolute Gasteiger partial charge is 0.368 e. The maximum atomic E-state index is 5.61. The van der Waals surface area contributed by atoms with Crippen LogP contribution < -0.4 is 11.1 Å². The predicted octanol–water partition coefficient (Wildman–Crippen LogP) is -0.361. The Kier molecular flexibility index (Phi) is 2.48. The summed E-state index contributed by atoms with van der Waals surface area (Å²) in [5, 5.41) is 18.2. The van der Waals surface area contributed by atoms with Gasteiger partial charge < -0.3 is 11.1 Å². The average molecular weight is 245 g/mol. The molecule has 3 aromatic rings. The molecule has 9 nitrogen and oxygen atoms in total. The summed E-state index contributed by atoms with van der Waals surface area (Å²) in [4.78, 5) is 8.18. The summed E-state index contributed by atoms with van der Waals surface area (Å²) >= 11 is 0. The number of nitrogens with two attached hydrogens (primary N) is 1. The van der Waals surface area contributed by atoms with Gasteiger partial charge in [-0.2, -0.15) is 15.1 Å². The van der Waals surface area contributed by atoms with Crippen molar-refractivity contribution in [2.75, 3.05) is 17.6 Å². The summed E-state index contributed by atoms with van der Waals surface area (Å²) in [6, 6.07) is 0. The number of aromatic nitrogens is 7. The highest BCUT2D eigenvalue weighted by atomic mass is 15.4. The van der Waals surface area contributed by atoms with E-state index >= 15 is 0 Å². The number of nitrogens with one attached hydrogen (secondary N) is 2. The first kappa shape index (κ1) is 10.4. The molecule has 0 saturated heterocycles. The van der Waals surface area contributed by atoms with Crippen LogP contribution in [0.3, 0.4) is 0 Å². The number of rotatable bonds is 4. The van der Waals surface area contributed by atoms with Crippen molar-refractivity contribution in [2.24, 2.45) is 0 Å². The van der Waals surface area contributed by atoms with Gasteiger partial charge in [-0.3, -0.25) is 9.78 Å². The second kappa shape index (κ2) is 4.28. The van der Waals surface area contributed by atoms with Gasteiger partial charge >= 0.3 is 0 Å². The molecular weight excluding hydrogens is 234 g/mol. The molecule has 3 rings (SSSR count). The third-order valence-electron chi connectivity index (χ3n) is 2.43. The van der Waals surface area contributed by atoms with Crippen LogP contribution in [0.2, 0.25) is 0 Å². The molecule has 0 amide bonds. The number of fused-ring (bicyclic) bond motifs is 1. The number of hydrogen-bond donors (Lipinski definition) is 3. The summed E-state index contributed by atoms with van der Waals surface area (Å²) in [5.74, 6) is 0.862. The van der Waals surface area contributed by atoms with Crippen molar-refractivity contribution >= 4 is 22.8 Å². The van der Waals surface area contributed by atoms with Crippen LogP contribution in [0.25, 0.3) is 11.0 Å². The molecule has 0 saturated carbocycles. The lowest BCUT2D eigenvalue weighted by Gasteiger charge is -2.06. The zero-order valence-corrected chi connectivity index (χ0v) is 9.41. The summed E-state index contributed by atoms with van der Waals surface area (Å²) in [6.45, 7) is 1.34. The van der Waals surface area contributed by atoms with Crippen LogP contribution in [0.1, 0.15) is 0 Å². The van der Waals surface area contributed by atoms with Gasteiger partial charge in [0, 0.05) is 12.7 Å². The molecule has 0 aliphatic rings. The summed E-state index contributed by atoms with van der Waals surface area (Å²) in [7, 11) is 0. The van der Waals surface area contributed by atoms with E-state index in [4.69, 9.17) is 5.73 Å². The Morgan fingerprint density at radius 3 is 3.17 bits per heavy atom. The van der Waals surface area contributed by atoms with Gasteiger partial charge in [0.1, 0.15) is 5.82 Å². The Hall–Kier alpha value is -2.71. The molecule has 0 spiro atoms. The van der Waals surface area contributed by atoms with Crippen molar-refractivity contribution < 1.29 is 0 Å². The minimum absolute atomic E-state index is 0.204. The lowest BCUT2D eigenvalue weighted by Crippen LogP contribution is -2.12. The fourth-order valence-corrected chi connectivity index (χ4v) is 1.63. The zero-order valence-electron chi connectivity index (χ0n) is 9.41. The van der Waals surface area contributed by atoms with Gasteiger partial charge in [-0.1, -0.05) is 5.21 Å². The lowest BCUT2D eigenvalue weighted by atomic mass is 10.4. The van der Waals surface area contributed by atoms with Crippen LogP contribution in [-0.2, 0) is 6.54 Å². The number of H-pyrrole nitrogens is 1. The predicted molar refractivity (Wildman–Crippen MR) is 64.6 cm³/mol. The zero-order chi connectivity index (χ0) is 12.4. The number of hydrogen-bond acceptors (Lipinski definition) is 7. The first-order valence-electron chi connectivity index (χ1n) is 5.37. The number of aromatic amines is 1. The quantitative estimate of drug-likeness (QED) is 0.573. The maximum Gasteiger partial charge on any atom is 0.224 e. The van der Waals surface area contributed by atoms with Gasteiger partial charge in [0.15, 0.2) is 5.65 Å². The minimum atomic E-state index is 0.204. The molecule has 0 aliphatic carbocycles. The van der Waals surface area contributed by atoms with Crippen LogP contribution in [-0.4, -0.2) is 41.7 Å². The Morgan fingerprint density at radius 2 is 2.33 bits per heavy atom. The molecule has 3 heterocycles.